The Morgan fingerprint density at radius 2 is 2.08 bits per heavy atom. The van der Waals surface area contributed by atoms with E-state index in [-0.39, 0.29) is 23.6 Å². The molecule has 0 N–H and O–H groups in total. The summed E-state index contributed by atoms with van der Waals surface area (Å²) in [5.41, 5.74) is 1.68. The average Bonchev–Trinajstić information content (AvgIpc) is 2.99. The third-order valence-electron chi connectivity index (χ3n) is 4.68. The largest absolute Gasteiger partial charge is 0.438 e. The van der Waals surface area contributed by atoms with Crippen molar-refractivity contribution in [2.75, 3.05) is 13.1 Å². The number of aryl methyl sites for hydroxylation is 1. The van der Waals surface area contributed by atoms with Gasteiger partial charge in [0, 0.05) is 32.1 Å². The minimum atomic E-state index is -0.192. The van der Waals surface area contributed by atoms with Crippen LogP contribution in [0.4, 0.5) is 0 Å². The molecule has 0 aliphatic carbocycles. The molecule has 1 aromatic heterocycles. The third-order valence-corrected chi connectivity index (χ3v) is 4.68. The summed E-state index contributed by atoms with van der Waals surface area (Å²) in [6.07, 6.45) is 2.39. The normalized spacial score (nSPS) is 18.3. The van der Waals surface area contributed by atoms with Crippen molar-refractivity contribution >= 4 is 11.8 Å². The Morgan fingerprint density at radius 3 is 2.72 bits per heavy atom. The number of oxazole rings is 1. The molecule has 6 heteroatoms. The van der Waals surface area contributed by atoms with Gasteiger partial charge in [-0.05, 0) is 18.9 Å². The van der Waals surface area contributed by atoms with Gasteiger partial charge < -0.3 is 14.2 Å². The maximum Gasteiger partial charge on any atom is 0.291 e. The number of rotatable bonds is 4. The fourth-order valence-electron chi connectivity index (χ4n) is 3.20. The van der Waals surface area contributed by atoms with Gasteiger partial charge in [-0.2, -0.15) is 0 Å². The Balaban J connectivity index is 1.79. The van der Waals surface area contributed by atoms with E-state index in [9.17, 15) is 9.59 Å². The van der Waals surface area contributed by atoms with Crippen LogP contribution in [0.25, 0.3) is 0 Å². The van der Waals surface area contributed by atoms with E-state index in [4.69, 9.17) is 4.42 Å². The summed E-state index contributed by atoms with van der Waals surface area (Å²) in [6.45, 7) is 5.28. The predicted molar refractivity (Wildman–Crippen MR) is 92.8 cm³/mol. The Kier molecular flexibility index (Phi) is 5.16. The molecule has 0 bridgehead atoms. The van der Waals surface area contributed by atoms with E-state index >= 15 is 0 Å². The van der Waals surface area contributed by atoms with E-state index in [0.29, 0.717) is 31.7 Å². The first-order chi connectivity index (χ1) is 12.1. The number of hydrogen-bond donors (Lipinski definition) is 0. The maximum absolute atomic E-state index is 12.7. The Labute approximate surface area is 147 Å². The molecule has 1 saturated heterocycles. The zero-order valence-electron chi connectivity index (χ0n) is 14.6. The number of benzene rings is 1. The van der Waals surface area contributed by atoms with Crippen LogP contribution in [0.2, 0.25) is 0 Å². The molecule has 1 aliphatic rings. The highest BCUT2D eigenvalue weighted by molar-refractivity contribution is 5.93. The fraction of sp³-hybridized carbons (Fsp3) is 0.421. The molecule has 1 aromatic carbocycles. The number of aromatic nitrogens is 1. The minimum absolute atomic E-state index is 0.0117. The topological polar surface area (TPSA) is 66.7 Å². The summed E-state index contributed by atoms with van der Waals surface area (Å²) < 4.78 is 5.24. The molecule has 2 aromatic rings. The molecular formula is C19H23N3O3. The molecule has 1 fully saturated rings. The number of carbonyl (C=O) groups excluding carboxylic acids is 2. The molecular weight excluding hydrogens is 318 g/mol. The SMILES string of the molecule is CC[C@H]1CN(C(=O)c2ocnc2C)CCC(=O)N1Cc1ccccc1. The monoisotopic (exact) mass is 341 g/mol. The molecule has 6 nitrogen and oxygen atoms in total. The van der Waals surface area contributed by atoms with Gasteiger partial charge in [0.15, 0.2) is 6.39 Å². The number of amides is 2. The Bertz CT molecular complexity index is 741. The van der Waals surface area contributed by atoms with E-state index in [1.807, 2.05) is 42.2 Å². The van der Waals surface area contributed by atoms with Crippen molar-refractivity contribution in [3.63, 3.8) is 0 Å². The summed E-state index contributed by atoms with van der Waals surface area (Å²) in [5, 5.41) is 0. The van der Waals surface area contributed by atoms with Gasteiger partial charge in [0.2, 0.25) is 11.7 Å². The van der Waals surface area contributed by atoms with Crippen LogP contribution in [0, 0.1) is 6.92 Å². The van der Waals surface area contributed by atoms with Gasteiger partial charge in [-0.25, -0.2) is 4.98 Å². The molecule has 0 radical (unpaired) electrons. The summed E-state index contributed by atoms with van der Waals surface area (Å²) in [4.78, 5) is 33.0. The molecule has 0 saturated carbocycles. The van der Waals surface area contributed by atoms with E-state index < -0.39 is 0 Å². The van der Waals surface area contributed by atoms with Crippen LogP contribution in [-0.4, -0.2) is 45.7 Å². The van der Waals surface area contributed by atoms with Gasteiger partial charge in [-0.1, -0.05) is 37.3 Å². The van der Waals surface area contributed by atoms with Crippen molar-refractivity contribution in [2.24, 2.45) is 0 Å². The van der Waals surface area contributed by atoms with Crippen molar-refractivity contribution in [1.29, 1.82) is 0 Å². The zero-order valence-corrected chi connectivity index (χ0v) is 14.6. The smallest absolute Gasteiger partial charge is 0.291 e. The summed E-state index contributed by atoms with van der Waals surface area (Å²) >= 11 is 0. The van der Waals surface area contributed by atoms with Crippen LogP contribution in [0.15, 0.2) is 41.1 Å². The first-order valence-corrected chi connectivity index (χ1v) is 8.63. The van der Waals surface area contributed by atoms with Crippen molar-refractivity contribution in [3.05, 3.63) is 53.7 Å². The highest BCUT2D eigenvalue weighted by Crippen LogP contribution is 2.20. The maximum atomic E-state index is 12.7. The van der Waals surface area contributed by atoms with Crippen molar-refractivity contribution < 1.29 is 14.0 Å². The van der Waals surface area contributed by atoms with E-state index in [1.54, 1.807) is 11.8 Å². The lowest BCUT2D eigenvalue weighted by molar-refractivity contribution is -0.133. The Hall–Kier alpha value is -2.63. The second-order valence-electron chi connectivity index (χ2n) is 6.34. The Morgan fingerprint density at radius 1 is 1.32 bits per heavy atom. The molecule has 132 valence electrons. The molecule has 25 heavy (non-hydrogen) atoms. The standard InChI is InChI=1S/C19H23N3O3/c1-3-16-12-21(19(24)18-14(2)20-13-25-18)10-9-17(23)22(16)11-15-7-5-4-6-8-15/h4-8,13,16H,3,9-12H2,1-2H3/t16-/m0/s1. The fourth-order valence-corrected chi connectivity index (χ4v) is 3.20. The van der Waals surface area contributed by atoms with Crippen molar-refractivity contribution in [1.82, 2.24) is 14.8 Å². The van der Waals surface area contributed by atoms with Crippen LogP contribution in [0.1, 0.15) is 41.6 Å². The first kappa shape index (κ1) is 17.2. The van der Waals surface area contributed by atoms with Crippen LogP contribution >= 0.6 is 0 Å². The van der Waals surface area contributed by atoms with Gasteiger partial charge in [0.05, 0.1) is 5.69 Å². The predicted octanol–water partition coefficient (Wildman–Crippen LogP) is 2.64. The third kappa shape index (κ3) is 3.73. The highest BCUT2D eigenvalue weighted by Gasteiger charge is 2.32. The molecule has 2 amide bonds. The van der Waals surface area contributed by atoms with Crippen LogP contribution in [0.5, 0.6) is 0 Å². The van der Waals surface area contributed by atoms with Crippen molar-refractivity contribution in [3.8, 4) is 0 Å². The van der Waals surface area contributed by atoms with Gasteiger partial charge in [-0.15, -0.1) is 0 Å². The second-order valence-corrected chi connectivity index (χ2v) is 6.34. The van der Waals surface area contributed by atoms with Crippen molar-refractivity contribution in [2.45, 2.75) is 39.3 Å². The summed E-state index contributed by atoms with van der Waals surface area (Å²) in [6, 6.07) is 9.94. The molecule has 1 atom stereocenters. The zero-order chi connectivity index (χ0) is 17.8. The van der Waals surface area contributed by atoms with Gasteiger partial charge in [-0.3, -0.25) is 9.59 Å². The first-order valence-electron chi connectivity index (χ1n) is 8.63. The van der Waals surface area contributed by atoms with Gasteiger partial charge in [0.1, 0.15) is 0 Å². The second kappa shape index (κ2) is 7.51. The lowest BCUT2D eigenvalue weighted by atomic mass is 10.1. The van der Waals surface area contributed by atoms with E-state index in [2.05, 4.69) is 4.98 Å². The minimum Gasteiger partial charge on any atom is -0.438 e. The number of carbonyl (C=O) groups is 2. The van der Waals surface area contributed by atoms with Crippen LogP contribution in [-0.2, 0) is 11.3 Å². The molecule has 0 unspecified atom stereocenters. The molecule has 1 aliphatic heterocycles. The molecule has 3 rings (SSSR count). The molecule has 0 spiro atoms. The average molecular weight is 341 g/mol. The number of nitrogens with zero attached hydrogens (tertiary/aromatic N) is 3. The summed E-state index contributed by atoms with van der Waals surface area (Å²) in [7, 11) is 0. The van der Waals surface area contributed by atoms with Gasteiger partial charge >= 0.3 is 0 Å². The lowest BCUT2D eigenvalue weighted by Crippen LogP contribution is -2.43. The number of hydrogen-bond acceptors (Lipinski definition) is 4. The summed E-state index contributed by atoms with van der Waals surface area (Å²) in [5.74, 6) is 0.155. The van der Waals surface area contributed by atoms with Crippen LogP contribution < -0.4 is 0 Å². The quantitative estimate of drug-likeness (QED) is 0.857. The van der Waals surface area contributed by atoms with Gasteiger partial charge in [0.25, 0.3) is 5.91 Å². The lowest BCUT2D eigenvalue weighted by Gasteiger charge is -2.31. The molecule has 2 heterocycles. The van der Waals surface area contributed by atoms with E-state index in [0.717, 1.165) is 12.0 Å². The highest BCUT2D eigenvalue weighted by atomic mass is 16.3. The van der Waals surface area contributed by atoms with E-state index in [1.165, 1.54) is 6.39 Å². The van der Waals surface area contributed by atoms with Crippen LogP contribution in [0.3, 0.4) is 0 Å².